The Kier molecular flexibility index (Phi) is 5.59. The first-order valence-electron chi connectivity index (χ1n) is 11.7. The molecule has 5 rings (SSSR count). The summed E-state index contributed by atoms with van der Waals surface area (Å²) >= 11 is 0. The molecule has 6 heteroatoms. The van der Waals surface area contributed by atoms with Gasteiger partial charge in [-0.25, -0.2) is 0 Å². The number of nitrogens with zero attached hydrogens (tertiary/aromatic N) is 2. The number of amides is 1. The van der Waals surface area contributed by atoms with Gasteiger partial charge in [-0.05, 0) is 67.4 Å². The number of carbonyl (C=O) groups excluding carboxylic acids is 2. The van der Waals surface area contributed by atoms with Gasteiger partial charge in [-0.2, -0.15) is 0 Å². The summed E-state index contributed by atoms with van der Waals surface area (Å²) in [5.74, 6) is -0.750. The summed E-state index contributed by atoms with van der Waals surface area (Å²) in [7, 11) is 3.88. The summed E-state index contributed by atoms with van der Waals surface area (Å²) in [6, 6.07) is 19.8. The van der Waals surface area contributed by atoms with E-state index in [0.29, 0.717) is 11.3 Å². The number of benzene rings is 3. The van der Waals surface area contributed by atoms with Gasteiger partial charge in [0, 0.05) is 37.5 Å². The maximum Gasteiger partial charge on any atom is 0.300 e. The number of aliphatic hydroxyl groups excluding tert-OH is 1. The summed E-state index contributed by atoms with van der Waals surface area (Å²) in [5, 5.41) is 11.4. The van der Waals surface area contributed by atoms with Gasteiger partial charge in [-0.1, -0.05) is 29.8 Å². The van der Waals surface area contributed by atoms with E-state index in [4.69, 9.17) is 4.74 Å². The molecule has 2 unspecified atom stereocenters. The highest BCUT2D eigenvalue weighted by Crippen LogP contribution is 2.43. The van der Waals surface area contributed by atoms with Gasteiger partial charge in [0.1, 0.15) is 17.6 Å². The van der Waals surface area contributed by atoms with Crippen LogP contribution in [0.1, 0.15) is 35.2 Å². The maximum atomic E-state index is 13.4. The lowest BCUT2D eigenvalue weighted by Crippen LogP contribution is -2.29. The zero-order valence-electron chi connectivity index (χ0n) is 20.3. The number of Topliss-reactive ketones (excluding diaryl/α,β-unsaturated/α-hetero) is 1. The molecule has 3 aromatic carbocycles. The quantitative estimate of drug-likeness (QED) is 0.331. The minimum atomic E-state index is -0.747. The number of hydrogen-bond donors (Lipinski definition) is 1. The van der Waals surface area contributed by atoms with Gasteiger partial charge in [0.15, 0.2) is 0 Å². The van der Waals surface area contributed by atoms with E-state index in [2.05, 4.69) is 0 Å². The molecule has 0 saturated carbocycles. The lowest BCUT2D eigenvalue weighted by Gasteiger charge is -2.26. The van der Waals surface area contributed by atoms with Crippen LogP contribution in [-0.2, 0) is 16.0 Å². The minimum Gasteiger partial charge on any atom is -0.507 e. The highest BCUT2D eigenvalue weighted by Gasteiger charge is 2.47. The Hall–Kier alpha value is -4.06. The Morgan fingerprint density at radius 3 is 2.46 bits per heavy atom. The number of anilines is 2. The van der Waals surface area contributed by atoms with Gasteiger partial charge in [0.05, 0.1) is 11.6 Å². The highest BCUT2D eigenvalue weighted by molar-refractivity contribution is 6.51. The van der Waals surface area contributed by atoms with Crippen LogP contribution in [-0.4, -0.2) is 37.0 Å². The zero-order chi connectivity index (χ0) is 24.9. The molecular formula is C29H28N2O4. The number of carbonyl (C=O) groups is 2. The van der Waals surface area contributed by atoms with Crippen molar-refractivity contribution < 1.29 is 19.4 Å². The fourth-order valence-corrected chi connectivity index (χ4v) is 4.89. The second-order valence-corrected chi connectivity index (χ2v) is 9.45. The van der Waals surface area contributed by atoms with Gasteiger partial charge in [0.2, 0.25) is 0 Å². The Morgan fingerprint density at radius 1 is 1.03 bits per heavy atom. The van der Waals surface area contributed by atoms with Crippen molar-refractivity contribution >= 4 is 28.8 Å². The van der Waals surface area contributed by atoms with Crippen molar-refractivity contribution in [1.82, 2.24) is 0 Å². The number of ketones is 1. The van der Waals surface area contributed by atoms with Crippen molar-refractivity contribution in [1.29, 1.82) is 0 Å². The van der Waals surface area contributed by atoms with Crippen molar-refractivity contribution in [3.8, 4) is 5.75 Å². The predicted octanol–water partition coefficient (Wildman–Crippen LogP) is 5.01. The second kappa shape index (κ2) is 8.62. The Morgan fingerprint density at radius 2 is 1.77 bits per heavy atom. The van der Waals surface area contributed by atoms with E-state index >= 15 is 0 Å². The monoisotopic (exact) mass is 468 g/mol. The van der Waals surface area contributed by atoms with Gasteiger partial charge in [-0.3, -0.25) is 14.5 Å². The third-order valence-corrected chi connectivity index (χ3v) is 6.62. The van der Waals surface area contributed by atoms with Crippen molar-refractivity contribution in [2.45, 2.75) is 32.4 Å². The number of hydrogen-bond acceptors (Lipinski definition) is 5. The topological polar surface area (TPSA) is 70.1 Å². The van der Waals surface area contributed by atoms with Crippen molar-refractivity contribution in [3.05, 3.63) is 94.6 Å². The predicted molar refractivity (Wildman–Crippen MR) is 137 cm³/mol. The summed E-state index contributed by atoms with van der Waals surface area (Å²) in [6.45, 7) is 3.95. The van der Waals surface area contributed by atoms with E-state index < -0.39 is 17.7 Å². The molecule has 0 aliphatic carbocycles. The van der Waals surface area contributed by atoms with Crippen LogP contribution in [0.3, 0.4) is 0 Å². The SMILES string of the molecule is Cc1cccc(C2/C(=C(/O)c3ccc4c(c3)CC(C)O4)C(=O)C(=O)N2c2ccc(N(C)C)cc2)c1. The summed E-state index contributed by atoms with van der Waals surface area (Å²) in [6.07, 6.45) is 0.787. The maximum absolute atomic E-state index is 13.4. The molecule has 0 aromatic heterocycles. The molecule has 2 aliphatic rings. The fourth-order valence-electron chi connectivity index (χ4n) is 4.89. The highest BCUT2D eigenvalue weighted by atomic mass is 16.5. The first-order chi connectivity index (χ1) is 16.7. The standard InChI is InChI=1S/C29H28N2O4/c1-17-6-5-7-19(14-17)26-25(27(32)20-8-13-24-21(16-20)15-18(2)35-24)28(33)29(34)31(26)23-11-9-22(10-12-23)30(3)4/h5-14,16,18,26,32H,15H2,1-4H3/b27-25-. The molecule has 35 heavy (non-hydrogen) atoms. The summed E-state index contributed by atoms with van der Waals surface area (Å²) in [4.78, 5) is 30.2. The van der Waals surface area contributed by atoms with E-state index in [-0.39, 0.29) is 17.4 Å². The van der Waals surface area contributed by atoms with Crippen LogP contribution in [0.2, 0.25) is 0 Å². The van der Waals surface area contributed by atoms with Gasteiger partial charge in [-0.15, -0.1) is 0 Å². The molecule has 0 bridgehead atoms. The number of ether oxygens (including phenoxy) is 1. The van der Waals surface area contributed by atoms with Gasteiger partial charge < -0.3 is 14.7 Å². The van der Waals surface area contributed by atoms with Crippen LogP contribution in [0.25, 0.3) is 5.76 Å². The van der Waals surface area contributed by atoms with Crippen molar-refractivity contribution in [2.75, 3.05) is 23.9 Å². The summed E-state index contributed by atoms with van der Waals surface area (Å²) in [5.41, 5.74) is 4.90. The molecule has 6 nitrogen and oxygen atoms in total. The molecule has 1 amide bonds. The molecule has 1 fully saturated rings. The molecule has 1 saturated heterocycles. The van der Waals surface area contributed by atoms with E-state index in [9.17, 15) is 14.7 Å². The van der Waals surface area contributed by atoms with Crippen molar-refractivity contribution in [3.63, 3.8) is 0 Å². The molecular weight excluding hydrogens is 440 g/mol. The molecule has 2 heterocycles. The zero-order valence-corrected chi connectivity index (χ0v) is 20.3. The van der Waals surface area contributed by atoms with E-state index in [1.807, 2.05) is 93.5 Å². The number of fused-ring (bicyclic) bond motifs is 1. The first-order valence-corrected chi connectivity index (χ1v) is 11.7. The van der Waals surface area contributed by atoms with Crippen LogP contribution < -0.4 is 14.5 Å². The van der Waals surface area contributed by atoms with Crippen LogP contribution in [0, 0.1) is 6.92 Å². The van der Waals surface area contributed by atoms with Crippen LogP contribution >= 0.6 is 0 Å². The molecule has 3 aromatic rings. The van der Waals surface area contributed by atoms with Crippen molar-refractivity contribution in [2.24, 2.45) is 0 Å². The molecule has 0 spiro atoms. The van der Waals surface area contributed by atoms with E-state index in [1.165, 1.54) is 4.90 Å². The number of aliphatic hydroxyl groups is 1. The Labute approximate surface area is 205 Å². The average molecular weight is 469 g/mol. The lowest BCUT2D eigenvalue weighted by atomic mass is 9.93. The Bertz CT molecular complexity index is 1360. The third kappa shape index (κ3) is 3.95. The largest absolute Gasteiger partial charge is 0.507 e. The Balaban J connectivity index is 1.67. The van der Waals surface area contributed by atoms with Gasteiger partial charge >= 0.3 is 0 Å². The van der Waals surface area contributed by atoms with Gasteiger partial charge in [0.25, 0.3) is 11.7 Å². The smallest absolute Gasteiger partial charge is 0.300 e. The third-order valence-electron chi connectivity index (χ3n) is 6.62. The number of rotatable bonds is 4. The molecule has 2 aliphatic heterocycles. The van der Waals surface area contributed by atoms with Crippen LogP contribution in [0.4, 0.5) is 11.4 Å². The molecule has 1 N–H and O–H groups in total. The van der Waals surface area contributed by atoms with E-state index in [0.717, 1.165) is 34.5 Å². The fraction of sp³-hybridized carbons (Fsp3) is 0.241. The first kappa shape index (κ1) is 22.7. The van der Waals surface area contributed by atoms with E-state index in [1.54, 1.807) is 6.07 Å². The molecule has 0 radical (unpaired) electrons. The van der Waals surface area contributed by atoms with Crippen LogP contribution in [0.5, 0.6) is 5.75 Å². The normalized spacial score (nSPS) is 20.6. The molecule has 2 atom stereocenters. The minimum absolute atomic E-state index is 0.0606. The second-order valence-electron chi connectivity index (χ2n) is 9.45. The molecule has 178 valence electrons. The summed E-state index contributed by atoms with van der Waals surface area (Å²) < 4.78 is 5.78. The van der Waals surface area contributed by atoms with Crippen LogP contribution in [0.15, 0.2) is 72.3 Å². The average Bonchev–Trinajstić information content (AvgIpc) is 3.34. The lowest BCUT2D eigenvalue weighted by molar-refractivity contribution is -0.132. The number of aryl methyl sites for hydroxylation is 1.